The van der Waals surface area contributed by atoms with Gasteiger partial charge in [-0.3, -0.25) is 24.6 Å². The molecule has 4 saturated carbocycles. The predicted octanol–water partition coefficient (Wildman–Crippen LogP) is 5.14. The fourth-order valence-corrected chi connectivity index (χ4v) is 9.44. The molecule has 2 aromatic rings. The van der Waals surface area contributed by atoms with Gasteiger partial charge in [0.25, 0.3) is 5.91 Å². The van der Waals surface area contributed by atoms with E-state index in [-0.39, 0.29) is 24.1 Å². The van der Waals surface area contributed by atoms with Crippen LogP contribution in [-0.2, 0) is 28.4 Å². The maximum Gasteiger partial charge on any atom is 0.255 e. The highest BCUT2D eigenvalue weighted by Crippen LogP contribution is 2.57. The van der Waals surface area contributed by atoms with Crippen molar-refractivity contribution in [3.05, 3.63) is 64.7 Å². The highest BCUT2D eigenvalue weighted by atomic mass is 32.2. The van der Waals surface area contributed by atoms with Gasteiger partial charge in [-0.2, -0.15) is 0 Å². The average Bonchev–Trinajstić information content (AvgIpc) is 3.23. The van der Waals surface area contributed by atoms with Crippen LogP contribution in [0.5, 0.6) is 0 Å². The van der Waals surface area contributed by atoms with Gasteiger partial charge in [0, 0.05) is 41.3 Å². The third-order valence-corrected chi connectivity index (χ3v) is 11.2. The molecule has 5 fully saturated rings. The maximum absolute atomic E-state index is 13.0. The molecule has 3 amide bonds. The molecule has 1 saturated heterocycles. The maximum atomic E-state index is 13.0. The van der Waals surface area contributed by atoms with Crippen molar-refractivity contribution in [2.75, 3.05) is 7.05 Å². The van der Waals surface area contributed by atoms with Crippen LogP contribution in [0.15, 0.2) is 47.4 Å². The van der Waals surface area contributed by atoms with Crippen LogP contribution >= 0.6 is 11.8 Å². The lowest BCUT2D eigenvalue weighted by molar-refractivity contribution is -0.136. The van der Waals surface area contributed by atoms with Crippen molar-refractivity contribution in [2.24, 2.45) is 17.8 Å². The Balaban J connectivity index is 0.957. The summed E-state index contributed by atoms with van der Waals surface area (Å²) >= 11 is 1.77. The average molecular weight is 544 g/mol. The number of benzene rings is 2. The largest absolute Gasteiger partial charge is 0.322 e. The molecule has 2 aromatic carbocycles. The summed E-state index contributed by atoms with van der Waals surface area (Å²) < 4.78 is 0. The van der Waals surface area contributed by atoms with E-state index in [1.165, 1.54) is 49.7 Å². The molecule has 2 aliphatic heterocycles. The number of rotatable bonds is 7. The second-order valence-electron chi connectivity index (χ2n) is 12.8. The number of imide groups is 1. The van der Waals surface area contributed by atoms with E-state index in [0.29, 0.717) is 24.1 Å². The standard InChI is InChI=1S/C32H37N3O3S/c1-34(32-14-22-10-23(15-32)12-24(11-22)16-32)17-20-2-4-21(5-3-20)19-39-26-6-7-27-25(13-26)18-35(31(27)38)28-8-9-29(36)33-30(28)37/h2-7,13,22-24,28H,8-12,14-19H2,1H3,(H,33,36,37). The lowest BCUT2D eigenvalue weighted by Crippen LogP contribution is -2.58. The van der Waals surface area contributed by atoms with Gasteiger partial charge in [-0.15, -0.1) is 11.8 Å². The summed E-state index contributed by atoms with van der Waals surface area (Å²) in [5.41, 5.74) is 4.75. The van der Waals surface area contributed by atoms with Gasteiger partial charge in [0.2, 0.25) is 11.8 Å². The van der Waals surface area contributed by atoms with Gasteiger partial charge in [0.05, 0.1) is 0 Å². The summed E-state index contributed by atoms with van der Waals surface area (Å²) in [7, 11) is 2.36. The normalized spacial score (nSPS) is 31.2. The summed E-state index contributed by atoms with van der Waals surface area (Å²) in [5, 5.41) is 2.37. The van der Waals surface area contributed by atoms with E-state index in [0.717, 1.165) is 40.5 Å². The second kappa shape index (κ2) is 9.77. The Morgan fingerprint density at radius 1 is 0.949 bits per heavy atom. The number of fused-ring (bicyclic) bond motifs is 1. The highest BCUT2D eigenvalue weighted by molar-refractivity contribution is 7.98. The minimum absolute atomic E-state index is 0.120. The number of nitrogens with zero attached hydrogens (tertiary/aromatic N) is 2. The third kappa shape index (κ3) is 4.71. The van der Waals surface area contributed by atoms with Crippen molar-refractivity contribution >= 4 is 29.5 Å². The first kappa shape index (κ1) is 25.3. The second-order valence-corrected chi connectivity index (χ2v) is 13.9. The summed E-state index contributed by atoms with van der Waals surface area (Å²) in [4.78, 5) is 42.2. The first-order chi connectivity index (χ1) is 18.8. The van der Waals surface area contributed by atoms with E-state index < -0.39 is 6.04 Å². The Kier molecular flexibility index (Phi) is 6.35. The molecule has 7 heteroatoms. The highest BCUT2D eigenvalue weighted by Gasteiger charge is 2.52. The van der Waals surface area contributed by atoms with Gasteiger partial charge in [-0.05, 0) is 105 Å². The Morgan fingerprint density at radius 3 is 2.28 bits per heavy atom. The molecule has 4 bridgehead atoms. The molecule has 6 aliphatic rings. The molecule has 4 aliphatic carbocycles. The molecule has 1 unspecified atom stereocenters. The van der Waals surface area contributed by atoms with Crippen molar-refractivity contribution < 1.29 is 14.4 Å². The number of piperidine rings is 1. The Morgan fingerprint density at radius 2 is 1.62 bits per heavy atom. The molecular weight excluding hydrogens is 506 g/mol. The first-order valence-corrected chi connectivity index (χ1v) is 15.5. The number of thioether (sulfide) groups is 1. The topological polar surface area (TPSA) is 69.7 Å². The van der Waals surface area contributed by atoms with E-state index in [1.54, 1.807) is 16.7 Å². The molecule has 1 N–H and O–H groups in total. The molecule has 0 aromatic heterocycles. The van der Waals surface area contributed by atoms with E-state index >= 15 is 0 Å². The molecule has 39 heavy (non-hydrogen) atoms. The zero-order chi connectivity index (χ0) is 26.7. The molecule has 8 rings (SSSR count). The van der Waals surface area contributed by atoms with Gasteiger partial charge in [0.15, 0.2) is 0 Å². The molecule has 0 spiro atoms. The molecule has 204 valence electrons. The number of amides is 3. The van der Waals surface area contributed by atoms with Crippen LogP contribution in [0.4, 0.5) is 0 Å². The smallest absolute Gasteiger partial charge is 0.255 e. The third-order valence-electron chi connectivity index (χ3n) is 10.2. The van der Waals surface area contributed by atoms with Gasteiger partial charge >= 0.3 is 0 Å². The van der Waals surface area contributed by atoms with Crippen molar-refractivity contribution in [3.63, 3.8) is 0 Å². The van der Waals surface area contributed by atoms with E-state index in [9.17, 15) is 14.4 Å². The van der Waals surface area contributed by atoms with Gasteiger partial charge in [-0.25, -0.2) is 0 Å². The van der Waals surface area contributed by atoms with E-state index in [4.69, 9.17) is 0 Å². The fraction of sp³-hybridized carbons (Fsp3) is 0.531. The lowest BCUT2D eigenvalue weighted by atomic mass is 9.52. The molecule has 2 heterocycles. The summed E-state index contributed by atoms with van der Waals surface area (Å²) in [6.45, 7) is 1.45. The number of hydrogen-bond donors (Lipinski definition) is 1. The van der Waals surface area contributed by atoms with E-state index in [2.05, 4.69) is 47.6 Å². The van der Waals surface area contributed by atoms with Crippen molar-refractivity contribution in [1.29, 1.82) is 0 Å². The van der Waals surface area contributed by atoms with Crippen LogP contribution in [0.2, 0.25) is 0 Å². The Bertz CT molecular complexity index is 1290. The van der Waals surface area contributed by atoms with Crippen LogP contribution in [0, 0.1) is 17.8 Å². The fourth-order valence-electron chi connectivity index (χ4n) is 8.52. The van der Waals surface area contributed by atoms with Gasteiger partial charge < -0.3 is 4.90 Å². The van der Waals surface area contributed by atoms with Crippen LogP contribution in [0.1, 0.15) is 78.4 Å². The summed E-state index contributed by atoms with van der Waals surface area (Å²) in [6, 6.07) is 14.5. The number of hydrogen-bond acceptors (Lipinski definition) is 5. The molecule has 0 radical (unpaired) electrons. The number of nitrogens with one attached hydrogen (secondary N) is 1. The van der Waals surface area contributed by atoms with Crippen molar-refractivity contribution in [2.45, 2.75) is 86.7 Å². The quantitative estimate of drug-likeness (QED) is 0.387. The predicted molar refractivity (Wildman–Crippen MR) is 151 cm³/mol. The summed E-state index contributed by atoms with van der Waals surface area (Å²) in [6.07, 6.45) is 9.33. The van der Waals surface area contributed by atoms with Gasteiger partial charge in [0.1, 0.15) is 6.04 Å². The number of carbonyl (C=O) groups excluding carboxylic acids is 3. The van der Waals surface area contributed by atoms with Crippen LogP contribution in [0.3, 0.4) is 0 Å². The zero-order valence-corrected chi connectivity index (χ0v) is 23.5. The zero-order valence-electron chi connectivity index (χ0n) is 22.7. The van der Waals surface area contributed by atoms with Crippen LogP contribution in [0.25, 0.3) is 0 Å². The molecule has 6 nitrogen and oxygen atoms in total. The van der Waals surface area contributed by atoms with Gasteiger partial charge in [-0.1, -0.05) is 24.3 Å². The van der Waals surface area contributed by atoms with Crippen LogP contribution in [-0.4, -0.2) is 46.1 Å². The Labute approximate surface area is 234 Å². The van der Waals surface area contributed by atoms with Crippen LogP contribution < -0.4 is 5.32 Å². The number of carbonyl (C=O) groups is 3. The van der Waals surface area contributed by atoms with Crippen molar-refractivity contribution in [3.8, 4) is 0 Å². The minimum Gasteiger partial charge on any atom is -0.322 e. The SMILES string of the molecule is CN(Cc1ccc(CSc2ccc3c(c2)CN(C2CCC(=O)NC2=O)C3=O)cc1)C12CC3CC(CC(C3)C1)C2. The van der Waals surface area contributed by atoms with Crippen molar-refractivity contribution in [1.82, 2.24) is 15.1 Å². The lowest BCUT2D eigenvalue weighted by Gasteiger charge is -2.60. The molecular formula is C32H37N3O3S. The monoisotopic (exact) mass is 543 g/mol. The first-order valence-electron chi connectivity index (χ1n) is 14.5. The minimum atomic E-state index is -0.570. The molecule has 1 atom stereocenters. The Hall–Kier alpha value is -2.64. The summed E-state index contributed by atoms with van der Waals surface area (Å²) in [5.74, 6) is 3.03. The van der Waals surface area contributed by atoms with E-state index in [1.807, 2.05) is 12.1 Å².